The van der Waals surface area contributed by atoms with Crippen molar-refractivity contribution in [3.8, 4) is 0 Å². The van der Waals surface area contributed by atoms with Crippen molar-refractivity contribution in [2.75, 3.05) is 0 Å². The highest BCUT2D eigenvalue weighted by Crippen LogP contribution is 2.10. The second kappa shape index (κ2) is 5.28. The fourth-order valence-electron chi connectivity index (χ4n) is 0.129. The molecule has 7 nitrogen and oxygen atoms in total. The molecular formula is C5H11N2O5-. The lowest BCUT2D eigenvalue weighted by atomic mass is 10.0. The van der Waals surface area contributed by atoms with Crippen LogP contribution in [0.4, 0.5) is 0 Å². The SMILES string of the molecule is CCC(C)(C)[N+](=O)[O-].O=[N+]([O-])[O-]. The summed E-state index contributed by atoms with van der Waals surface area (Å²) in [6.45, 7) is 5.04. The van der Waals surface area contributed by atoms with E-state index in [-0.39, 0.29) is 4.92 Å². The summed E-state index contributed by atoms with van der Waals surface area (Å²) in [4.78, 5) is 18.1. The molecule has 0 saturated carbocycles. The van der Waals surface area contributed by atoms with Gasteiger partial charge in [0.15, 0.2) is 0 Å². The van der Waals surface area contributed by atoms with Gasteiger partial charge in [-0.25, -0.2) is 0 Å². The molecule has 0 aromatic heterocycles. The first-order chi connectivity index (χ1) is 5.24. The van der Waals surface area contributed by atoms with Gasteiger partial charge in [-0.1, -0.05) is 6.92 Å². The van der Waals surface area contributed by atoms with Gasteiger partial charge in [-0.15, -0.1) is 0 Å². The van der Waals surface area contributed by atoms with Crippen LogP contribution in [0.1, 0.15) is 27.2 Å². The summed E-state index contributed by atoms with van der Waals surface area (Å²) in [7, 11) is 0. The topological polar surface area (TPSA) is 109 Å². The van der Waals surface area contributed by atoms with E-state index in [4.69, 9.17) is 15.3 Å². The zero-order valence-electron chi connectivity index (χ0n) is 7.14. The Kier molecular flexibility index (Phi) is 5.81. The number of nitrogens with zero attached hydrogens (tertiary/aromatic N) is 2. The Balaban J connectivity index is 0. The highest BCUT2D eigenvalue weighted by atomic mass is 16.9. The summed E-state index contributed by atoms with van der Waals surface area (Å²) in [5.74, 6) is 0. The summed E-state index contributed by atoms with van der Waals surface area (Å²) in [6, 6.07) is 0. The lowest BCUT2D eigenvalue weighted by molar-refractivity contribution is -0.560. The molecular weight excluding hydrogens is 168 g/mol. The van der Waals surface area contributed by atoms with Crippen molar-refractivity contribution in [3.05, 3.63) is 25.4 Å². The molecule has 0 bridgehead atoms. The first-order valence-electron chi connectivity index (χ1n) is 3.20. The van der Waals surface area contributed by atoms with E-state index in [1.54, 1.807) is 13.8 Å². The molecule has 0 aliphatic heterocycles. The van der Waals surface area contributed by atoms with Gasteiger partial charge in [0.25, 0.3) is 0 Å². The monoisotopic (exact) mass is 179 g/mol. The third kappa shape index (κ3) is 8.60. The van der Waals surface area contributed by atoms with Crippen molar-refractivity contribution in [2.24, 2.45) is 0 Å². The van der Waals surface area contributed by atoms with Gasteiger partial charge in [0.1, 0.15) is 0 Å². The lowest BCUT2D eigenvalue weighted by Crippen LogP contribution is -2.29. The zero-order chi connectivity index (χ0) is 10.4. The molecule has 7 heteroatoms. The molecule has 0 spiro atoms. The van der Waals surface area contributed by atoms with Crippen LogP contribution < -0.4 is 0 Å². The first kappa shape index (κ1) is 13.2. The molecule has 0 rings (SSSR count). The van der Waals surface area contributed by atoms with Crippen molar-refractivity contribution in [2.45, 2.75) is 32.7 Å². The fraction of sp³-hybridized carbons (Fsp3) is 1.00. The van der Waals surface area contributed by atoms with Gasteiger partial charge in [-0.3, -0.25) is 10.1 Å². The largest absolute Gasteiger partial charge is 0.356 e. The van der Waals surface area contributed by atoms with E-state index in [1.165, 1.54) is 0 Å². The maximum absolute atomic E-state index is 10.1. The smallest absolute Gasteiger partial charge is 0.216 e. The van der Waals surface area contributed by atoms with Crippen LogP contribution >= 0.6 is 0 Å². The Labute approximate surface area is 69.3 Å². The van der Waals surface area contributed by atoms with Crippen molar-refractivity contribution in [1.29, 1.82) is 0 Å². The van der Waals surface area contributed by atoms with E-state index in [0.717, 1.165) is 0 Å². The van der Waals surface area contributed by atoms with Gasteiger partial charge >= 0.3 is 0 Å². The Morgan fingerprint density at radius 3 is 1.42 bits per heavy atom. The molecule has 72 valence electrons. The van der Waals surface area contributed by atoms with Crippen molar-refractivity contribution >= 4 is 0 Å². The molecule has 0 unspecified atom stereocenters. The summed E-state index contributed by atoms with van der Waals surface area (Å²) in [6.07, 6.45) is 0.583. The van der Waals surface area contributed by atoms with E-state index in [2.05, 4.69) is 0 Å². The van der Waals surface area contributed by atoms with Crippen LogP contribution in [-0.4, -0.2) is 15.5 Å². The molecule has 0 aromatic rings. The van der Waals surface area contributed by atoms with Crippen LogP contribution in [-0.2, 0) is 0 Å². The number of hydrogen-bond donors (Lipinski definition) is 0. The predicted octanol–water partition coefficient (Wildman–Crippen LogP) is 1.21. The van der Waals surface area contributed by atoms with Crippen molar-refractivity contribution in [1.82, 2.24) is 0 Å². The molecule has 0 amide bonds. The summed E-state index contributed by atoms with van der Waals surface area (Å²) < 4.78 is 0. The van der Waals surface area contributed by atoms with Gasteiger partial charge < -0.3 is 15.3 Å². The van der Waals surface area contributed by atoms with Crippen LogP contribution in [0, 0.1) is 25.4 Å². The van der Waals surface area contributed by atoms with Crippen LogP contribution in [0.2, 0.25) is 0 Å². The highest BCUT2D eigenvalue weighted by molar-refractivity contribution is 4.61. The third-order valence-electron chi connectivity index (χ3n) is 1.36. The Bertz CT molecular complexity index is 163. The summed E-state index contributed by atoms with van der Waals surface area (Å²) in [5.41, 5.74) is -0.736. The van der Waals surface area contributed by atoms with Crippen molar-refractivity contribution < 1.29 is 10.0 Å². The maximum atomic E-state index is 10.1. The Hall–Kier alpha value is -1.40. The second-order valence-corrected chi connectivity index (χ2v) is 2.65. The average Bonchev–Trinajstić information content (AvgIpc) is 1.86. The highest BCUT2D eigenvalue weighted by Gasteiger charge is 2.26. The molecule has 0 aromatic carbocycles. The lowest BCUT2D eigenvalue weighted by Gasteiger charge is -2.10. The van der Waals surface area contributed by atoms with E-state index >= 15 is 0 Å². The molecule has 0 atom stereocenters. The molecule has 12 heavy (non-hydrogen) atoms. The molecule has 0 aliphatic carbocycles. The van der Waals surface area contributed by atoms with Crippen LogP contribution in [0.5, 0.6) is 0 Å². The first-order valence-corrected chi connectivity index (χ1v) is 3.20. The standard InChI is InChI=1S/C5H11NO2.NO3/c1-4-5(2,3)6(7)8;2-1(3)4/h4H2,1-3H3;/q;-1. The van der Waals surface area contributed by atoms with Gasteiger partial charge in [0.05, 0.1) is 5.09 Å². The Morgan fingerprint density at radius 2 is 1.42 bits per heavy atom. The number of hydrogen-bond acceptors (Lipinski definition) is 5. The molecule has 0 saturated heterocycles. The summed E-state index contributed by atoms with van der Waals surface area (Å²) >= 11 is 0. The molecule has 0 fully saturated rings. The number of nitro groups is 1. The van der Waals surface area contributed by atoms with Crippen molar-refractivity contribution in [3.63, 3.8) is 0 Å². The quantitative estimate of drug-likeness (QED) is 0.467. The van der Waals surface area contributed by atoms with Gasteiger partial charge in [-0.2, -0.15) is 0 Å². The van der Waals surface area contributed by atoms with Gasteiger partial charge in [-0.05, 0) is 0 Å². The number of rotatable bonds is 2. The van der Waals surface area contributed by atoms with E-state index < -0.39 is 10.6 Å². The van der Waals surface area contributed by atoms with E-state index in [1.807, 2.05) is 6.92 Å². The maximum Gasteiger partial charge on any atom is 0.216 e. The predicted molar refractivity (Wildman–Crippen MR) is 41.7 cm³/mol. The minimum Gasteiger partial charge on any atom is -0.356 e. The van der Waals surface area contributed by atoms with E-state index in [0.29, 0.717) is 6.42 Å². The Morgan fingerprint density at radius 1 is 1.17 bits per heavy atom. The van der Waals surface area contributed by atoms with Gasteiger partial charge in [0, 0.05) is 25.2 Å². The minimum atomic E-state index is -1.75. The van der Waals surface area contributed by atoms with E-state index in [9.17, 15) is 10.1 Å². The second-order valence-electron chi connectivity index (χ2n) is 2.65. The normalized spacial score (nSPS) is 9.58. The van der Waals surface area contributed by atoms with Gasteiger partial charge in [0.2, 0.25) is 5.54 Å². The molecule has 0 aliphatic rings. The van der Waals surface area contributed by atoms with Crippen LogP contribution in [0.25, 0.3) is 0 Å². The van der Waals surface area contributed by atoms with Crippen LogP contribution in [0.15, 0.2) is 0 Å². The minimum absolute atomic E-state index is 0.257. The molecule has 0 heterocycles. The summed E-state index contributed by atoms with van der Waals surface area (Å²) in [5, 5.41) is 24.8. The zero-order valence-corrected chi connectivity index (χ0v) is 7.14. The fourth-order valence-corrected chi connectivity index (χ4v) is 0.129. The molecule has 0 radical (unpaired) electrons. The molecule has 0 N–H and O–H groups in total. The average molecular weight is 179 g/mol. The van der Waals surface area contributed by atoms with Crippen LogP contribution in [0.3, 0.4) is 0 Å². The third-order valence-corrected chi connectivity index (χ3v) is 1.36.